The maximum Gasteiger partial charge on any atom is 0.294 e. The second-order valence-corrected chi connectivity index (χ2v) is 8.44. The van der Waals surface area contributed by atoms with Gasteiger partial charge in [0.2, 0.25) is 5.91 Å². The molecule has 1 N–H and O–H groups in total. The average Bonchev–Trinajstić information content (AvgIpc) is 3.07. The monoisotopic (exact) mass is 462 g/mol. The van der Waals surface area contributed by atoms with Gasteiger partial charge < -0.3 is 14.8 Å². The summed E-state index contributed by atoms with van der Waals surface area (Å²) >= 11 is 0.796. The van der Waals surface area contributed by atoms with Crippen LogP contribution in [0.15, 0.2) is 59.5 Å². The smallest absolute Gasteiger partial charge is 0.294 e. The minimum atomic E-state index is -0.522. The molecule has 3 aromatic rings. The Morgan fingerprint density at radius 3 is 2.45 bits per heavy atom. The molecule has 0 unspecified atom stereocenters. The number of anilines is 1. The van der Waals surface area contributed by atoms with Crippen molar-refractivity contribution in [2.75, 3.05) is 26.1 Å². The van der Waals surface area contributed by atoms with Crippen molar-refractivity contribution in [1.29, 1.82) is 0 Å². The van der Waals surface area contributed by atoms with Crippen LogP contribution in [0.1, 0.15) is 11.1 Å². The normalized spacial score (nSPS) is 14.8. The van der Waals surface area contributed by atoms with Gasteiger partial charge in [-0.2, -0.15) is 0 Å². The minimum Gasteiger partial charge on any atom is -0.497 e. The molecular weight excluding hydrogens is 440 g/mol. The van der Waals surface area contributed by atoms with Gasteiger partial charge in [-0.25, -0.2) is 0 Å². The summed E-state index contributed by atoms with van der Waals surface area (Å²) in [7, 11) is 3.12. The number of carbonyl (C=O) groups is 3. The first-order valence-electron chi connectivity index (χ1n) is 10.2. The third-order valence-corrected chi connectivity index (χ3v) is 6.14. The van der Waals surface area contributed by atoms with Crippen LogP contribution in [0.4, 0.5) is 10.5 Å². The Bertz CT molecular complexity index is 1280. The summed E-state index contributed by atoms with van der Waals surface area (Å²) in [6, 6.07) is 16.6. The number of fused-ring (bicyclic) bond motifs is 1. The highest BCUT2D eigenvalue weighted by Crippen LogP contribution is 2.37. The van der Waals surface area contributed by atoms with E-state index in [2.05, 4.69) is 5.32 Å². The quantitative estimate of drug-likeness (QED) is 0.528. The summed E-state index contributed by atoms with van der Waals surface area (Å²) in [5.41, 5.74) is 2.32. The third kappa shape index (κ3) is 4.70. The Hall–Kier alpha value is -3.78. The zero-order chi connectivity index (χ0) is 23.5. The Morgan fingerprint density at radius 1 is 1.03 bits per heavy atom. The van der Waals surface area contributed by atoms with E-state index >= 15 is 0 Å². The summed E-state index contributed by atoms with van der Waals surface area (Å²) in [6.45, 7) is 1.58. The maximum absolute atomic E-state index is 13.0. The predicted molar refractivity (Wildman–Crippen MR) is 130 cm³/mol. The number of hydrogen-bond acceptors (Lipinski definition) is 6. The molecule has 0 saturated carbocycles. The van der Waals surface area contributed by atoms with Gasteiger partial charge in [-0.1, -0.05) is 29.8 Å². The minimum absolute atomic E-state index is 0.219. The molecule has 0 radical (unpaired) electrons. The van der Waals surface area contributed by atoms with E-state index in [1.54, 1.807) is 38.5 Å². The highest BCUT2D eigenvalue weighted by molar-refractivity contribution is 8.18. The van der Waals surface area contributed by atoms with Crippen LogP contribution in [0.3, 0.4) is 0 Å². The molecule has 1 aliphatic heterocycles. The van der Waals surface area contributed by atoms with E-state index in [1.807, 2.05) is 43.3 Å². The summed E-state index contributed by atoms with van der Waals surface area (Å²) < 4.78 is 10.8. The number of rotatable bonds is 6. The Morgan fingerprint density at radius 2 is 1.76 bits per heavy atom. The van der Waals surface area contributed by atoms with Crippen molar-refractivity contribution in [1.82, 2.24) is 4.90 Å². The lowest BCUT2D eigenvalue weighted by Gasteiger charge is -2.13. The molecule has 3 aromatic carbocycles. The molecule has 8 heteroatoms. The highest BCUT2D eigenvalue weighted by atomic mass is 32.2. The number of thioether (sulfide) groups is 1. The van der Waals surface area contributed by atoms with E-state index in [4.69, 9.17) is 9.47 Å². The lowest BCUT2D eigenvalue weighted by atomic mass is 10.0. The number of amides is 3. The molecule has 7 nitrogen and oxygen atoms in total. The van der Waals surface area contributed by atoms with Gasteiger partial charge in [0.05, 0.1) is 19.1 Å². The van der Waals surface area contributed by atoms with E-state index in [0.29, 0.717) is 22.7 Å². The molecule has 0 atom stereocenters. The molecule has 0 aliphatic carbocycles. The van der Waals surface area contributed by atoms with E-state index in [0.717, 1.165) is 33.0 Å². The fourth-order valence-electron chi connectivity index (χ4n) is 3.50. The molecule has 4 rings (SSSR count). The lowest BCUT2D eigenvalue weighted by molar-refractivity contribution is -0.127. The molecule has 3 amide bonds. The van der Waals surface area contributed by atoms with Crippen LogP contribution in [0, 0.1) is 6.92 Å². The van der Waals surface area contributed by atoms with Crippen molar-refractivity contribution in [2.24, 2.45) is 0 Å². The van der Waals surface area contributed by atoms with Gasteiger partial charge in [-0.05, 0) is 65.9 Å². The molecule has 0 aromatic heterocycles. The molecule has 0 bridgehead atoms. The van der Waals surface area contributed by atoms with Crippen LogP contribution in [0.5, 0.6) is 11.5 Å². The van der Waals surface area contributed by atoms with E-state index in [1.165, 1.54) is 0 Å². The average molecular weight is 463 g/mol. The molecule has 33 heavy (non-hydrogen) atoms. The highest BCUT2D eigenvalue weighted by Gasteiger charge is 2.36. The Balaban J connectivity index is 1.60. The van der Waals surface area contributed by atoms with Gasteiger partial charge in [-0.3, -0.25) is 19.3 Å². The van der Waals surface area contributed by atoms with Crippen molar-refractivity contribution in [3.05, 3.63) is 70.6 Å². The van der Waals surface area contributed by atoms with Gasteiger partial charge in [0.1, 0.15) is 18.0 Å². The molecule has 1 aliphatic rings. The molecular formula is C25H22N2O5S. The van der Waals surface area contributed by atoms with Gasteiger partial charge in [0.25, 0.3) is 11.1 Å². The SMILES string of the molecule is COc1ccc2ccc(OC)c(C=C3SC(=O)N(CC(=O)Nc4ccc(C)cc4)C3=O)c2c1. The number of aryl methyl sites for hydroxylation is 1. The number of ether oxygens (including phenoxy) is 2. The van der Waals surface area contributed by atoms with Gasteiger partial charge in [-0.15, -0.1) is 0 Å². The van der Waals surface area contributed by atoms with Crippen molar-refractivity contribution in [3.8, 4) is 11.5 Å². The van der Waals surface area contributed by atoms with Gasteiger partial charge in [0.15, 0.2) is 0 Å². The maximum atomic E-state index is 13.0. The topological polar surface area (TPSA) is 84.9 Å². The second kappa shape index (κ2) is 9.38. The first-order chi connectivity index (χ1) is 15.9. The number of benzene rings is 3. The predicted octanol–water partition coefficient (Wildman–Crippen LogP) is 4.84. The number of nitrogens with zero attached hydrogens (tertiary/aromatic N) is 1. The first kappa shape index (κ1) is 22.4. The van der Waals surface area contributed by atoms with Crippen molar-refractivity contribution < 1.29 is 23.9 Å². The molecule has 1 saturated heterocycles. The fourth-order valence-corrected chi connectivity index (χ4v) is 4.32. The number of hydrogen-bond donors (Lipinski definition) is 1. The number of methoxy groups -OCH3 is 2. The van der Waals surface area contributed by atoms with E-state index in [9.17, 15) is 14.4 Å². The Labute approximate surface area is 195 Å². The van der Waals surface area contributed by atoms with Crippen molar-refractivity contribution in [3.63, 3.8) is 0 Å². The number of carbonyl (C=O) groups excluding carboxylic acids is 3. The summed E-state index contributed by atoms with van der Waals surface area (Å²) in [6.07, 6.45) is 1.63. The molecule has 0 spiro atoms. The van der Waals surface area contributed by atoms with Crippen molar-refractivity contribution >= 4 is 51.4 Å². The van der Waals surface area contributed by atoms with Gasteiger partial charge in [0, 0.05) is 11.3 Å². The third-order valence-electron chi connectivity index (χ3n) is 5.24. The first-order valence-corrected chi connectivity index (χ1v) is 11.0. The zero-order valence-corrected chi connectivity index (χ0v) is 19.2. The van der Waals surface area contributed by atoms with Crippen LogP contribution >= 0.6 is 11.8 Å². The van der Waals surface area contributed by atoms with Crippen LogP contribution in [-0.4, -0.2) is 42.7 Å². The molecule has 1 heterocycles. The lowest BCUT2D eigenvalue weighted by Crippen LogP contribution is -2.36. The molecule has 168 valence electrons. The summed E-state index contributed by atoms with van der Waals surface area (Å²) in [5, 5.41) is 3.96. The Kier molecular flexibility index (Phi) is 6.37. The van der Waals surface area contributed by atoms with Crippen LogP contribution < -0.4 is 14.8 Å². The second-order valence-electron chi connectivity index (χ2n) is 7.45. The number of imide groups is 1. The van der Waals surface area contributed by atoms with Gasteiger partial charge >= 0.3 is 0 Å². The van der Waals surface area contributed by atoms with E-state index in [-0.39, 0.29) is 11.4 Å². The van der Waals surface area contributed by atoms with E-state index < -0.39 is 17.1 Å². The standard InChI is InChI=1S/C25H22N2O5S/c1-15-4-8-17(9-5-15)26-23(28)14-27-24(29)22(33-25(27)30)13-20-19-12-18(31-2)10-6-16(19)7-11-21(20)32-3/h4-13H,14H2,1-3H3,(H,26,28). The number of nitrogens with one attached hydrogen (secondary N) is 1. The fraction of sp³-hybridized carbons (Fsp3) is 0.160. The van der Waals surface area contributed by atoms with Crippen molar-refractivity contribution in [2.45, 2.75) is 6.92 Å². The zero-order valence-electron chi connectivity index (χ0n) is 18.4. The van der Waals surface area contributed by atoms with Crippen LogP contribution in [0.2, 0.25) is 0 Å². The summed E-state index contributed by atoms with van der Waals surface area (Å²) in [5.74, 6) is 0.242. The van der Waals surface area contributed by atoms with Crippen LogP contribution in [0.25, 0.3) is 16.8 Å². The largest absolute Gasteiger partial charge is 0.497 e. The summed E-state index contributed by atoms with van der Waals surface area (Å²) in [4.78, 5) is 39.1. The van der Waals surface area contributed by atoms with Crippen LogP contribution in [-0.2, 0) is 9.59 Å². The molecule has 1 fully saturated rings.